The third kappa shape index (κ3) is 2.77. The van der Waals surface area contributed by atoms with Gasteiger partial charge in [0.2, 0.25) is 5.82 Å². The number of aromatic nitrogens is 2. The molecule has 2 rings (SSSR count). The largest absolute Gasteiger partial charge is 0.398 e. The fraction of sp³-hybridized carbons (Fsp3) is 0.385. The smallest absolute Gasteiger partial charge is 0.260 e. The molecule has 0 aliphatic rings. The first-order valence-electron chi connectivity index (χ1n) is 6.26. The maximum absolute atomic E-state index is 13.3. The van der Waals surface area contributed by atoms with Gasteiger partial charge in [-0.3, -0.25) is 0 Å². The monoisotopic (exact) mass is 283 g/mol. The second kappa shape index (κ2) is 5.96. The van der Waals surface area contributed by atoms with Gasteiger partial charge in [0, 0.05) is 18.4 Å². The summed E-state index contributed by atoms with van der Waals surface area (Å²) in [5.41, 5.74) is 5.83. The van der Waals surface area contributed by atoms with Crippen LogP contribution in [0.3, 0.4) is 0 Å². The molecule has 0 fully saturated rings. The standard InChI is InChI=1S/C13H15F2N3O2/c1-3-11(19-4-2)12-17-13(20-18-12)7-5-8(14)9(15)6-10(7)16/h5-6,11H,3-4,16H2,1-2H3. The van der Waals surface area contributed by atoms with Gasteiger partial charge >= 0.3 is 0 Å². The van der Waals surface area contributed by atoms with Crippen molar-refractivity contribution in [2.24, 2.45) is 0 Å². The third-order valence-electron chi connectivity index (χ3n) is 2.79. The second-order valence-corrected chi connectivity index (χ2v) is 4.16. The van der Waals surface area contributed by atoms with Crippen LogP contribution in [-0.4, -0.2) is 16.7 Å². The van der Waals surface area contributed by atoms with Crippen molar-refractivity contribution >= 4 is 5.69 Å². The van der Waals surface area contributed by atoms with Crippen LogP contribution >= 0.6 is 0 Å². The van der Waals surface area contributed by atoms with Crippen molar-refractivity contribution < 1.29 is 18.0 Å². The quantitative estimate of drug-likeness (QED) is 0.853. The third-order valence-corrected chi connectivity index (χ3v) is 2.79. The minimum Gasteiger partial charge on any atom is -0.398 e. The lowest BCUT2D eigenvalue weighted by atomic mass is 10.1. The molecule has 0 radical (unpaired) electrons. The molecule has 108 valence electrons. The average molecular weight is 283 g/mol. The predicted octanol–water partition coefficient (Wildman–Crippen LogP) is 3.08. The first kappa shape index (κ1) is 14.4. The Hall–Kier alpha value is -2.02. The van der Waals surface area contributed by atoms with E-state index in [1.807, 2.05) is 13.8 Å². The van der Waals surface area contributed by atoms with Gasteiger partial charge in [0.05, 0.1) is 5.56 Å². The van der Waals surface area contributed by atoms with Crippen molar-refractivity contribution in [3.63, 3.8) is 0 Å². The molecule has 1 atom stereocenters. The van der Waals surface area contributed by atoms with Gasteiger partial charge in [-0.15, -0.1) is 0 Å². The minimum atomic E-state index is -1.02. The Labute approximate surface area is 114 Å². The lowest BCUT2D eigenvalue weighted by molar-refractivity contribution is 0.0518. The molecule has 0 amide bonds. The summed E-state index contributed by atoms with van der Waals surface area (Å²) in [6, 6.07) is 1.82. The molecule has 0 aliphatic heterocycles. The van der Waals surface area contributed by atoms with Crippen LogP contribution in [0.5, 0.6) is 0 Å². The molecule has 0 spiro atoms. The van der Waals surface area contributed by atoms with Crippen LogP contribution in [0.2, 0.25) is 0 Å². The number of nitrogens with two attached hydrogens (primary N) is 1. The highest BCUT2D eigenvalue weighted by molar-refractivity contribution is 5.70. The van der Waals surface area contributed by atoms with Crippen molar-refractivity contribution in [2.45, 2.75) is 26.4 Å². The summed E-state index contributed by atoms with van der Waals surface area (Å²) in [6.45, 7) is 4.29. The second-order valence-electron chi connectivity index (χ2n) is 4.16. The Morgan fingerprint density at radius 2 is 2.00 bits per heavy atom. The molecule has 0 aliphatic carbocycles. The molecule has 0 saturated carbocycles. The Morgan fingerprint density at radius 1 is 1.30 bits per heavy atom. The maximum Gasteiger partial charge on any atom is 0.260 e. The van der Waals surface area contributed by atoms with E-state index in [9.17, 15) is 8.78 Å². The Kier molecular flexibility index (Phi) is 4.29. The van der Waals surface area contributed by atoms with Crippen LogP contribution in [0, 0.1) is 11.6 Å². The Bertz CT molecular complexity index is 601. The number of rotatable bonds is 5. The molecule has 0 bridgehead atoms. The molecule has 2 aromatic rings. The summed E-state index contributed by atoms with van der Waals surface area (Å²) in [6.07, 6.45) is 0.365. The van der Waals surface area contributed by atoms with Crippen LogP contribution in [-0.2, 0) is 4.74 Å². The van der Waals surface area contributed by atoms with Crippen LogP contribution < -0.4 is 5.73 Å². The van der Waals surface area contributed by atoms with Crippen LogP contribution in [0.4, 0.5) is 14.5 Å². The van der Waals surface area contributed by atoms with E-state index in [0.29, 0.717) is 18.9 Å². The van der Waals surface area contributed by atoms with E-state index in [-0.39, 0.29) is 23.2 Å². The van der Waals surface area contributed by atoms with Crippen LogP contribution in [0.25, 0.3) is 11.5 Å². The highest BCUT2D eigenvalue weighted by Gasteiger charge is 2.20. The summed E-state index contributed by atoms with van der Waals surface area (Å²) in [5, 5.41) is 3.79. The molecule has 1 heterocycles. The fourth-order valence-corrected chi connectivity index (χ4v) is 1.80. The number of hydrogen-bond donors (Lipinski definition) is 1. The lowest BCUT2D eigenvalue weighted by Crippen LogP contribution is -2.04. The maximum atomic E-state index is 13.3. The number of anilines is 1. The summed E-state index contributed by atoms with van der Waals surface area (Å²) in [5.74, 6) is -1.65. The van der Waals surface area contributed by atoms with Gasteiger partial charge in [0.25, 0.3) is 5.89 Å². The van der Waals surface area contributed by atoms with E-state index < -0.39 is 11.6 Å². The van der Waals surface area contributed by atoms with Gasteiger partial charge in [-0.05, 0) is 19.4 Å². The van der Waals surface area contributed by atoms with Crippen molar-refractivity contribution in [1.29, 1.82) is 0 Å². The molecule has 7 heteroatoms. The normalized spacial score (nSPS) is 12.6. The molecule has 1 aromatic heterocycles. The van der Waals surface area contributed by atoms with E-state index in [2.05, 4.69) is 10.1 Å². The Morgan fingerprint density at radius 3 is 2.65 bits per heavy atom. The number of ether oxygens (including phenoxy) is 1. The molecular formula is C13H15F2N3O2. The van der Waals surface area contributed by atoms with Gasteiger partial charge in [-0.2, -0.15) is 4.98 Å². The van der Waals surface area contributed by atoms with Gasteiger partial charge in [0.1, 0.15) is 6.10 Å². The van der Waals surface area contributed by atoms with Crippen molar-refractivity contribution in [1.82, 2.24) is 10.1 Å². The molecular weight excluding hydrogens is 268 g/mol. The van der Waals surface area contributed by atoms with Gasteiger partial charge in [-0.25, -0.2) is 8.78 Å². The first-order chi connectivity index (χ1) is 9.56. The van der Waals surface area contributed by atoms with Crippen LogP contribution in [0.1, 0.15) is 32.2 Å². The number of halogens is 2. The van der Waals surface area contributed by atoms with Gasteiger partial charge in [-0.1, -0.05) is 12.1 Å². The number of nitrogen functional groups attached to an aromatic ring is 1. The summed E-state index contributed by atoms with van der Waals surface area (Å²) in [4.78, 5) is 4.13. The molecule has 1 aromatic carbocycles. The predicted molar refractivity (Wildman–Crippen MR) is 68.7 cm³/mol. The van der Waals surface area contributed by atoms with E-state index >= 15 is 0 Å². The first-order valence-corrected chi connectivity index (χ1v) is 6.26. The number of nitrogens with zero attached hydrogens (tertiary/aromatic N) is 2. The zero-order chi connectivity index (χ0) is 14.7. The summed E-state index contributed by atoms with van der Waals surface area (Å²) in [7, 11) is 0. The molecule has 5 nitrogen and oxygen atoms in total. The molecule has 1 unspecified atom stereocenters. The summed E-state index contributed by atoms with van der Waals surface area (Å²) < 4.78 is 36.8. The molecule has 0 saturated heterocycles. The summed E-state index contributed by atoms with van der Waals surface area (Å²) >= 11 is 0. The van der Waals surface area contributed by atoms with Crippen molar-refractivity contribution in [2.75, 3.05) is 12.3 Å². The molecule has 2 N–H and O–H groups in total. The zero-order valence-electron chi connectivity index (χ0n) is 11.2. The average Bonchev–Trinajstić information content (AvgIpc) is 2.89. The minimum absolute atomic E-state index is 0.0311. The van der Waals surface area contributed by atoms with Crippen molar-refractivity contribution in [3.8, 4) is 11.5 Å². The number of hydrogen-bond acceptors (Lipinski definition) is 5. The SMILES string of the molecule is CCOC(CC)c1noc(-c2cc(F)c(F)cc2N)n1. The Balaban J connectivity index is 2.35. The zero-order valence-corrected chi connectivity index (χ0v) is 11.2. The highest BCUT2D eigenvalue weighted by atomic mass is 19.2. The number of benzene rings is 1. The van der Waals surface area contributed by atoms with E-state index in [0.717, 1.165) is 12.1 Å². The fourth-order valence-electron chi connectivity index (χ4n) is 1.80. The molecule has 20 heavy (non-hydrogen) atoms. The van der Waals surface area contributed by atoms with Gasteiger partial charge in [0.15, 0.2) is 11.6 Å². The van der Waals surface area contributed by atoms with E-state index in [1.54, 1.807) is 0 Å². The highest BCUT2D eigenvalue weighted by Crippen LogP contribution is 2.28. The van der Waals surface area contributed by atoms with E-state index in [1.165, 1.54) is 0 Å². The van der Waals surface area contributed by atoms with Crippen molar-refractivity contribution in [3.05, 3.63) is 29.6 Å². The topological polar surface area (TPSA) is 74.2 Å². The van der Waals surface area contributed by atoms with E-state index in [4.69, 9.17) is 15.0 Å². The van der Waals surface area contributed by atoms with Gasteiger partial charge < -0.3 is 15.0 Å². The van der Waals surface area contributed by atoms with Crippen LogP contribution in [0.15, 0.2) is 16.7 Å². The lowest BCUT2D eigenvalue weighted by Gasteiger charge is -2.09.